The van der Waals surface area contributed by atoms with Crippen molar-refractivity contribution in [1.29, 1.82) is 0 Å². The first-order valence-electron chi connectivity index (χ1n) is 6.84. The summed E-state index contributed by atoms with van der Waals surface area (Å²) in [6.45, 7) is 0. The van der Waals surface area contributed by atoms with Gasteiger partial charge in [-0.1, -0.05) is 17.8 Å². The van der Waals surface area contributed by atoms with Gasteiger partial charge in [-0.3, -0.25) is 0 Å². The zero-order chi connectivity index (χ0) is 12.8. The summed E-state index contributed by atoms with van der Waals surface area (Å²) in [6, 6.07) is 6.30. The third-order valence-corrected chi connectivity index (χ3v) is 6.60. The van der Waals surface area contributed by atoms with E-state index >= 15 is 0 Å². The number of hydrogen-bond acceptors (Lipinski definition) is 5. The Morgan fingerprint density at radius 3 is 3.00 bits per heavy atom. The fourth-order valence-electron chi connectivity index (χ4n) is 3.48. The summed E-state index contributed by atoms with van der Waals surface area (Å²) in [4.78, 5) is 5.14. The van der Waals surface area contributed by atoms with E-state index in [1.165, 1.54) is 29.0 Å². The summed E-state index contributed by atoms with van der Waals surface area (Å²) in [5.74, 6) is 0. The number of rotatable bonds is 3. The molecule has 2 bridgehead atoms. The number of nitrogens with zero attached hydrogens (tertiary/aromatic N) is 1. The van der Waals surface area contributed by atoms with Crippen molar-refractivity contribution in [3.05, 3.63) is 28.6 Å². The molecule has 1 N–H and O–H groups in total. The molecule has 0 saturated carbocycles. The van der Waals surface area contributed by atoms with E-state index in [0.717, 1.165) is 6.04 Å². The molecule has 0 spiro atoms. The van der Waals surface area contributed by atoms with Gasteiger partial charge >= 0.3 is 0 Å². The minimum Gasteiger partial charge on any atom is -0.352 e. The highest BCUT2D eigenvalue weighted by molar-refractivity contribution is 8.09. The van der Waals surface area contributed by atoms with Crippen LogP contribution >= 0.6 is 23.1 Å². The zero-order valence-electron chi connectivity index (χ0n) is 10.9. The van der Waals surface area contributed by atoms with Gasteiger partial charge < -0.3 is 15.0 Å². The molecule has 102 valence electrons. The Kier molecular flexibility index (Phi) is 3.10. The third kappa shape index (κ3) is 2.03. The minimum absolute atomic E-state index is 0.142. The first kappa shape index (κ1) is 12.3. The predicted molar refractivity (Wildman–Crippen MR) is 80.9 cm³/mol. The topological polar surface area (TPSA) is 24.5 Å². The smallest absolute Gasteiger partial charge is 0.182 e. The lowest BCUT2D eigenvalue weighted by Crippen LogP contribution is -2.43. The third-order valence-electron chi connectivity index (χ3n) is 4.35. The molecule has 0 aromatic carbocycles. The van der Waals surface area contributed by atoms with Crippen LogP contribution in [0.25, 0.3) is 4.91 Å². The maximum atomic E-state index is 5.69. The molecule has 3 nitrogen and oxygen atoms in total. The van der Waals surface area contributed by atoms with Crippen LogP contribution in [-0.2, 0) is 4.74 Å². The number of hydrogen-bond donors (Lipinski definition) is 1. The maximum Gasteiger partial charge on any atom is 0.182 e. The lowest BCUT2D eigenvalue weighted by atomic mass is 9.94. The molecule has 2 saturated heterocycles. The Balaban J connectivity index is 1.59. The average molecular weight is 294 g/mol. The van der Waals surface area contributed by atoms with E-state index in [1.807, 2.05) is 18.9 Å². The van der Waals surface area contributed by atoms with Crippen LogP contribution in [0.2, 0.25) is 0 Å². The molecule has 3 aliphatic rings. The Hall–Kier alpha value is -0.490. The van der Waals surface area contributed by atoms with Crippen molar-refractivity contribution in [3.63, 3.8) is 0 Å². The Morgan fingerprint density at radius 1 is 1.42 bits per heavy atom. The molecule has 19 heavy (non-hydrogen) atoms. The second-order valence-electron chi connectivity index (χ2n) is 5.43. The lowest BCUT2D eigenvalue weighted by molar-refractivity contribution is 0.0369. The lowest BCUT2D eigenvalue weighted by Gasteiger charge is -2.34. The fraction of sp³-hybridized carbons (Fsp3) is 0.571. The van der Waals surface area contributed by atoms with Crippen LogP contribution in [0, 0.1) is 0 Å². The molecule has 4 rings (SSSR count). The van der Waals surface area contributed by atoms with Gasteiger partial charge in [0.15, 0.2) is 5.56 Å². The number of nitrogens with one attached hydrogen (secondary N) is 1. The van der Waals surface area contributed by atoms with Crippen LogP contribution in [0.5, 0.6) is 0 Å². The second kappa shape index (κ2) is 4.81. The number of thioether (sulfide) groups is 1. The van der Waals surface area contributed by atoms with Gasteiger partial charge in [-0.05, 0) is 30.7 Å². The molecule has 1 unspecified atom stereocenters. The maximum absolute atomic E-state index is 5.69. The largest absolute Gasteiger partial charge is 0.352 e. The summed E-state index contributed by atoms with van der Waals surface area (Å²) in [7, 11) is 1.82. The van der Waals surface area contributed by atoms with Crippen LogP contribution in [0.4, 0.5) is 0 Å². The van der Waals surface area contributed by atoms with E-state index < -0.39 is 0 Å². The molecule has 0 amide bonds. The van der Waals surface area contributed by atoms with E-state index in [-0.39, 0.29) is 5.56 Å². The molecule has 5 heteroatoms. The standard InChI is InChI=1S/C14H18N2OS2/c1-17-14-16(11-7-9-4-5-10(11)15-9)8-13(19-14)12-3-2-6-18-12/h2-3,6,8-11,14-15H,4-5,7H2,1H3/t9-,10+,11-,14?/m1/s1. The number of methoxy groups -OCH3 is 1. The van der Waals surface area contributed by atoms with Gasteiger partial charge in [0.05, 0.1) is 0 Å². The second-order valence-corrected chi connectivity index (χ2v) is 7.46. The summed E-state index contributed by atoms with van der Waals surface area (Å²) < 4.78 is 5.69. The summed E-state index contributed by atoms with van der Waals surface area (Å²) in [6.07, 6.45) is 6.24. The van der Waals surface area contributed by atoms with Crippen molar-refractivity contribution in [2.75, 3.05) is 7.11 Å². The van der Waals surface area contributed by atoms with Crippen molar-refractivity contribution >= 4 is 28.0 Å². The van der Waals surface area contributed by atoms with Gasteiger partial charge in [0.25, 0.3) is 0 Å². The van der Waals surface area contributed by atoms with Gasteiger partial charge in [0, 0.05) is 41.2 Å². The van der Waals surface area contributed by atoms with Crippen molar-refractivity contribution in [2.45, 2.75) is 42.9 Å². The first-order chi connectivity index (χ1) is 9.35. The van der Waals surface area contributed by atoms with E-state index in [1.54, 1.807) is 11.3 Å². The van der Waals surface area contributed by atoms with Crippen LogP contribution in [0.1, 0.15) is 24.1 Å². The Bertz CT molecular complexity index is 488. The summed E-state index contributed by atoms with van der Waals surface area (Å²) in [5.41, 5.74) is 0.142. The molecule has 0 aliphatic carbocycles. The van der Waals surface area contributed by atoms with Gasteiger partial charge in [0.1, 0.15) is 0 Å². The zero-order valence-corrected chi connectivity index (χ0v) is 12.5. The SMILES string of the molecule is COC1SC(c2cccs2)=CN1[C@@H]1C[C@H]2CC[C@@H]1N2. The van der Waals surface area contributed by atoms with E-state index in [4.69, 9.17) is 4.74 Å². The van der Waals surface area contributed by atoms with Gasteiger partial charge in [0.2, 0.25) is 0 Å². The average Bonchev–Trinajstić information content (AvgIpc) is 3.19. The predicted octanol–water partition coefficient (Wildman–Crippen LogP) is 2.92. The van der Waals surface area contributed by atoms with Crippen LogP contribution < -0.4 is 5.32 Å². The van der Waals surface area contributed by atoms with Crippen molar-refractivity contribution < 1.29 is 4.74 Å². The Morgan fingerprint density at radius 2 is 2.37 bits per heavy atom. The van der Waals surface area contributed by atoms with Crippen LogP contribution in [0.3, 0.4) is 0 Å². The molecule has 1 aromatic heterocycles. The van der Waals surface area contributed by atoms with E-state index in [2.05, 4.69) is 33.9 Å². The van der Waals surface area contributed by atoms with Gasteiger partial charge in [-0.25, -0.2) is 0 Å². The fourth-order valence-corrected chi connectivity index (χ4v) is 5.42. The monoisotopic (exact) mass is 294 g/mol. The molecule has 0 radical (unpaired) electrons. The Labute approximate surface area is 122 Å². The minimum atomic E-state index is 0.142. The number of fused-ring (bicyclic) bond motifs is 2. The van der Waals surface area contributed by atoms with Gasteiger partial charge in [-0.2, -0.15) is 0 Å². The van der Waals surface area contributed by atoms with Gasteiger partial charge in [-0.15, -0.1) is 11.3 Å². The van der Waals surface area contributed by atoms with Crippen molar-refractivity contribution in [1.82, 2.24) is 10.2 Å². The van der Waals surface area contributed by atoms with Crippen molar-refractivity contribution in [2.24, 2.45) is 0 Å². The van der Waals surface area contributed by atoms with Crippen LogP contribution in [-0.4, -0.2) is 35.7 Å². The normalized spacial score (nSPS) is 37.1. The summed E-state index contributed by atoms with van der Waals surface area (Å²) >= 11 is 3.64. The first-order valence-corrected chi connectivity index (χ1v) is 8.60. The molecule has 4 heterocycles. The molecule has 2 fully saturated rings. The molecule has 1 aromatic rings. The highest BCUT2D eigenvalue weighted by atomic mass is 32.2. The van der Waals surface area contributed by atoms with Crippen molar-refractivity contribution in [3.8, 4) is 0 Å². The number of ether oxygens (including phenoxy) is 1. The number of thiophene rings is 1. The van der Waals surface area contributed by atoms with E-state index in [9.17, 15) is 0 Å². The van der Waals surface area contributed by atoms with E-state index in [0.29, 0.717) is 12.1 Å². The molecular formula is C14H18N2OS2. The quantitative estimate of drug-likeness (QED) is 0.926. The molecule has 3 aliphatic heterocycles. The highest BCUT2D eigenvalue weighted by Crippen LogP contribution is 2.45. The highest BCUT2D eigenvalue weighted by Gasteiger charge is 2.45. The summed E-state index contributed by atoms with van der Waals surface area (Å²) in [5, 5.41) is 5.86. The molecule has 4 atom stereocenters. The molecular weight excluding hydrogens is 276 g/mol. The van der Waals surface area contributed by atoms with Crippen LogP contribution in [0.15, 0.2) is 23.7 Å².